The third-order valence-electron chi connectivity index (χ3n) is 8.86. The van der Waals surface area contributed by atoms with Crippen molar-refractivity contribution in [3.8, 4) is 0 Å². The molecule has 2 saturated heterocycles. The summed E-state index contributed by atoms with van der Waals surface area (Å²) in [5.41, 5.74) is 3.99. The van der Waals surface area contributed by atoms with Gasteiger partial charge in [-0.2, -0.15) is 31.1 Å². The summed E-state index contributed by atoms with van der Waals surface area (Å²) in [6.07, 6.45) is -8.75. The van der Waals surface area contributed by atoms with E-state index in [1.165, 1.54) is 4.80 Å². The minimum Gasteiger partial charge on any atom is -0.371 e. The van der Waals surface area contributed by atoms with E-state index in [1.54, 1.807) is 0 Å². The maximum Gasteiger partial charge on any atom is 0.416 e. The van der Waals surface area contributed by atoms with Crippen molar-refractivity contribution in [2.75, 3.05) is 6.54 Å². The Morgan fingerprint density at radius 2 is 1.49 bits per heavy atom. The topological polar surface area (TPSA) is 82.1 Å². The molecule has 45 heavy (non-hydrogen) atoms. The van der Waals surface area contributed by atoms with E-state index in [0.717, 1.165) is 23.3 Å². The molecule has 0 radical (unpaired) electrons. The lowest BCUT2D eigenvalue weighted by Gasteiger charge is -2.50. The predicted octanol–water partition coefficient (Wildman–Crippen LogP) is 6.30. The number of rotatable bonds is 9. The standard InChI is InChI=1S/C32H32F6N6O/c33-31(34,35)24-15-22(16-25(17-24)32(36,37)38)20-45-28-12-11-27-26(29-40-42-44(41-29)14-13-39)18-30(28,23-9-5-2-6-10-23)43(27)19-21-7-3-1-4-8-21/h1-10,15-17,26-28H,11-14,18-20,39H2/t26?,27?,28-,30-/m1/s1. The van der Waals surface area contributed by atoms with Crippen LogP contribution in [-0.4, -0.2) is 43.8 Å². The van der Waals surface area contributed by atoms with Gasteiger partial charge in [-0.25, -0.2) is 0 Å². The van der Waals surface area contributed by atoms with Crippen molar-refractivity contribution in [2.45, 2.75) is 74.9 Å². The first-order chi connectivity index (χ1) is 21.5. The van der Waals surface area contributed by atoms with Crippen LogP contribution in [0.1, 0.15) is 58.8 Å². The molecule has 2 N–H and O–H groups in total. The second-order valence-electron chi connectivity index (χ2n) is 11.6. The Morgan fingerprint density at radius 3 is 2.11 bits per heavy atom. The molecule has 0 amide bonds. The van der Waals surface area contributed by atoms with Crippen LogP contribution in [0.3, 0.4) is 0 Å². The van der Waals surface area contributed by atoms with E-state index in [4.69, 9.17) is 10.5 Å². The average molecular weight is 631 g/mol. The highest BCUT2D eigenvalue weighted by atomic mass is 19.4. The molecule has 2 fully saturated rings. The Hall–Kier alpha value is -3.81. The van der Waals surface area contributed by atoms with E-state index < -0.39 is 41.7 Å². The molecular weight excluding hydrogens is 598 g/mol. The Labute approximate surface area is 256 Å². The smallest absolute Gasteiger partial charge is 0.371 e. The second kappa shape index (κ2) is 12.2. The number of hydrogen-bond donors (Lipinski definition) is 1. The van der Waals surface area contributed by atoms with E-state index in [2.05, 4.69) is 20.3 Å². The van der Waals surface area contributed by atoms with E-state index in [-0.39, 0.29) is 23.6 Å². The number of hydrogen-bond acceptors (Lipinski definition) is 6. The molecule has 0 saturated carbocycles. The number of tetrazole rings is 1. The minimum absolute atomic E-state index is 0.0221. The van der Waals surface area contributed by atoms with Crippen LogP contribution in [0.15, 0.2) is 78.9 Å². The van der Waals surface area contributed by atoms with Gasteiger partial charge in [-0.1, -0.05) is 60.7 Å². The van der Waals surface area contributed by atoms with Crippen LogP contribution in [0.4, 0.5) is 26.3 Å². The molecule has 2 bridgehead atoms. The normalized spacial score (nSPS) is 23.8. The van der Waals surface area contributed by atoms with Crippen LogP contribution in [0.5, 0.6) is 0 Å². The molecule has 3 aromatic carbocycles. The van der Waals surface area contributed by atoms with Crippen LogP contribution in [0, 0.1) is 0 Å². The van der Waals surface area contributed by atoms with Gasteiger partial charge >= 0.3 is 12.4 Å². The fraction of sp³-hybridized carbons (Fsp3) is 0.406. The summed E-state index contributed by atoms with van der Waals surface area (Å²) < 4.78 is 88.1. The highest BCUT2D eigenvalue weighted by Gasteiger charge is 2.60. The van der Waals surface area contributed by atoms with Crippen molar-refractivity contribution in [1.29, 1.82) is 0 Å². The lowest BCUT2D eigenvalue weighted by Crippen LogP contribution is -2.56. The van der Waals surface area contributed by atoms with Crippen molar-refractivity contribution in [3.63, 3.8) is 0 Å². The number of fused-ring (bicyclic) bond motifs is 2. The van der Waals surface area contributed by atoms with Gasteiger partial charge in [0.2, 0.25) is 0 Å². The lowest BCUT2D eigenvalue weighted by atomic mass is 9.78. The fourth-order valence-electron chi connectivity index (χ4n) is 6.97. The second-order valence-corrected chi connectivity index (χ2v) is 11.6. The van der Waals surface area contributed by atoms with Crippen LogP contribution < -0.4 is 5.73 Å². The third kappa shape index (κ3) is 6.21. The highest BCUT2D eigenvalue weighted by Crippen LogP contribution is 2.57. The molecule has 0 aliphatic carbocycles. The Balaban J connectivity index is 1.41. The van der Waals surface area contributed by atoms with Crippen molar-refractivity contribution in [3.05, 3.63) is 113 Å². The van der Waals surface area contributed by atoms with Crippen molar-refractivity contribution in [2.24, 2.45) is 5.73 Å². The number of benzene rings is 3. The third-order valence-corrected chi connectivity index (χ3v) is 8.86. The van der Waals surface area contributed by atoms with E-state index in [9.17, 15) is 26.3 Å². The zero-order chi connectivity index (χ0) is 31.8. The summed E-state index contributed by atoms with van der Waals surface area (Å²) in [6.45, 7) is 0.866. The van der Waals surface area contributed by atoms with Gasteiger partial charge in [0.15, 0.2) is 5.82 Å². The molecule has 4 atom stereocenters. The SMILES string of the molecule is NCCn1nnc(C2C[C@@]3(c4ccccc4)[C@H](OCc4cc(C(F)(F)F)cc(C(F)(F)F)c4)CCC2N3Cc2ccccc2)n1. The summed E-state index contributed by atoms with van der Waals surface area (Å²) >= 11 is 0. The number of aromatic nitrogens is 4. The molecule has 1 aromatic heterocycles. The molecular formula is C32H32F6N6O. The first kappa shape index (κ1) is 31.2. The van der Waals surface area contributed by atoms with Gasteiger partial charge in [-0.15, -0.1) is 10.2 Å². The summed E-state index contributed by atoms with van der Waals surface area (Å²) in [4.78, 5) is 3.82. The number of halogens is 6. The lowest BCUT2D eigenvalue weighted by molar-refractivity contribution is -0.143. The quantitative estimate of drug-likeness (QED) is 0.219. The van der Waals surface area contributed by atoms with Crippen LogP contribution in [0.2, 0.25) is 0 Å². The van der Waals surface area contributed by atoms with Crippen molar-refractivity contribution >= 4 is 0 Å². The van der Waals surface area contributed by atoms with E-state index in [0.29, 0.717) is 44.7 Å². The fourth-order valence-corrected chi connectivity index (χ4v) is 6.97. The summed E-state index contributed by atoms with van der Waals surface area (Å²) in [7, 11) is 0. The zero-order valence-corrected chi connectivity index (χ0v) is 24.2. The van der Waals surface area contributed by atoms with Gasteiger partial charge in [-0.3, -0.25) is 4.90 Å². The van der Waals surface area contributed by atoms with Crippen molar-refractivity contribution < 1.29 is 31.1 Å². The molecule has 6 rings (SSSR count). The first-order valence-electron chi connectivity index (χ1n) is 14.7. The molecule has 238 valence electrons. The van der Waals surface area contributed by atoms with Crippen molar-refractivity contribution in [1.82, 2.24) is 25.1 Å². The number of piperidine rings is 1. The van der Waals surface area contributed by atoms with Gasteiger partial charge in [-0.05, 0) is 59.4 Å². The largest absolute Gasteiger partial charge is 0.416 e. The molecule has 0 spiro atoms. The molecule has 3 heterocycles. The molecule has 2 aliphatic heterocycles. The summed E-state index contributed by atoms with van der Waals surface area (Å²) in [6, 6.07) is 21.2. The minimum atomic E-state index is -4.95. The van der Waals surface area contributed by atoms with E-state index in [1.807, 2.05) is 60.7 Å². The highest BCUT2D eigenvalue weighted by molar-refractivity contribution is 5.35. The summed E-state index contributed by atoms with van der Waals surface area (Å²) in [5, 5.41) is 13.2. The van der Waals surface area contributed by atoms with Gasteiger partial charge in [0, 0.05) is 25.0 Å². The molecule has 7 nitrogen and oxygen atoms in total. The maximum atomic E-state index is 13.6. The predicted molar refractivity (Wildman–Crippen MR) is 152 cm³/mol. The number of ether oxygens (including phenoxy) is 1. The van der Waals surface area contributed by atoms with Gasteiger partial charge in [0.25, 0.3) is 0 Å². The number of nitrogens with two attached hydrogens (primary N) is 1. The van der Waals surface area contributed by atoms with Gasteiger partial charge < -0.3 is 10.5 Å². The van der Waals surface area contributed by atoms with E-state index >= 15 is 0 Å². The number of nitrogens with zero attached hydrogens (tertiary/aromatic N) is 5. The van der Waals surface area contributed by atoms with Crippen LogP contribution in [-0.2, 0) is 42.3 Å². The molecule has 2 aliphatic rings. The maximum absolute atomic E-state index is 13.6. The molecule has 13 heteroatoms. The van der Waals surface area contributed by atoms with Gasteiger partial charge in [0.1, 0.15) is 0 Å². The van der Waals surface area contributed by atoms with Gasteiger partial charge in [0.05, 0.1) is 35.9 Å². The van der Waals surface area contributed by atoms with Crippen LogP contribution >= 0.6 is 0 Å². The Bertz CT molecular complexity index is 1560. The zero-order valence-electron chi connectivity index (χ0n) is 24.2. The number of alkyl halides is 6. The monoisotopic (exact) mass is 630 g/mol. The Kier molecular flexibility index (Phi) is 8.44. The Morgan fingerprint density at radius 1 is 0.844 bits per heavy atom. The summed E-state index contributed by atoms with van der Waals surface area (Å²) in [5.74, 6) is 0.414. The van der Waals surface area contributed by atoms with Crippen LogP contribution in [0.25, 0.3) is 0 Å². The molecule has 4 aromatic rings. The average Bonchev–Trinajstić information content (AvgIpc) is 3.55. The first-order valence-corrected chi connectivity index (χ1v) is 14.7. The molecule has 2 unspecified atom stereocenters.